The Morgan fingerprint density at radius 2 is 0.643 bits per heavy atom. The maximum Gasteiger partial charge on any atom is 0.472 e. The predicted molar refractivity (Wildman–Crippen MR) is 352 cm³/mol. The van der Waals surface area contributed by atoms with Crippen LogP contribution < -0.4 is 0 Å². The molecule has 0 aromatic heterocycles. The van der Waals surface area contributed by atoms with E-state index in [9.17, 15) is 28.9 Å². The lowest BCUT2D eigenvalue weighted by molar-refractivity contribution is -0.161. The Morgan fingerprint density at radius 1 is 0.345 bits per heavy atom. The molecule has 11 nitrogen and oxygen atoms in total. The first-order chi connectivity index (χ1) is 41.2. The van der Waals surface area contributed by atoms with Gasteiger partial charge in [0, 0.05) is 19.3 Å². The molecule has 3 atom stereocenters. The molecule has 476 valence electrons. The van der Waals surface area contributed by atoms with Crippen LogP contribution >= 0.6 is 7.82 Å². The quantitative estimate of drug-likeness (QED) is 0.0197. The standard InChI is InChI=1S/C72H117O11P/c1-4-7-10-13-16-19-22-25-28-31-34-37-40-43-46-49-52-55-58-61-70(74)79-65-69(83-72(76)63-60-57-54-51-48-45-42-39-36-33-30-27-24-21-18-15-12-9-6-3)67-81-84(77,78)80-66-68(64-73)82-71(75)62-59-56-53-50-47-44-41-38-35-32-29-26-23-20-17-14-11-8-5-2/h7,9-10,12,16-21,25-30,34,36-37,39,43,46,52,55,68-69,73H,4-6,8,11,13-15,22-24,31-33,35,38,40-42,44-45,47-51,53-54,56-67H2,1-3H3,(H,77,78)/b10-7-,12-9-,19-16-,20-17-,21-18-,28-25-,29-26-,30-27-,37-34-,39-36-,46-43-,55-52-. The van der Waals surface area contributed by atoms with Crippen molar-refractivity contribution in [3.8, 4) is 0 Å². The Bertz CT molecular complexity index is 1970. The molecule has 0 aromatic carbocycles. The van der Waals surface area contributed by atoms with Gasteiger partial charge in [0.05, 0.1) is 19.8 Å². The summed E-state index contributed by atoms with van der Waals surface area (Å²) in [5.41, 5.74) is 0. The highest BCUT2D eigenvalue weighted by Crippen LogP contribution is 2.43. The van der Waals surface area contributed by atoms with Crippen LogP contribution in [0.1, 0.15) is 252 Å². The van der Waals surface area contributed by atoms with Crippen molar-refractivity contribution in [2.24, 2.45) is 0 Å². The number of phosphoric ester groups is 1. The van der Waals surface area contributed by atoms with Crippen molar-refractivity contribution in [1.29, 1.82) is 0 Å². The van der Waals surface area contributed by atoms with Crippen molar-refractivity contribution in [2.75, 3.05) is 26.4 Å². The lowest BCUT2D eigenvalue weighted by atomic mass is 10.1. The van der Waals surface area contributed by atoms with Crippen molar-refractivity contribution < 1.29 is 52.2 Å². The van der Waals surface area contributed by atoms with Crippen LogP contribution in [0.3, 0.4) is 0 Å². The van der Waals surface area contributed by atoms with Crippen LogP contribution in [-0.2, 0) is 42.2 Å². The zero-order valence-electron chi connectivity index (χ0n) is 52.8. The summed E-state index contributed by atoms with van der Waals surface area (Å²) in [6.07, 6.45) is 83.8. The first-order valence-electron chi connectivity index (χ1n) is 32.7. The normalized spacial score (nSPS) is 14.2. The molecule has 2 N–H and O–H groups in total. The van der Waals surface area contributed by atoms with Gasteiger partial charge in [0.25, 0.3) is 0 Å². The number of carbonyl (C=O) groups is 3. The van der Waals surface area contributed by atoms with E-state index < -0.39 is 57.8 Å². The Hall–Kier alpha value is -4.64. The van der Waals surface area contributed by atoms with Crippen molar-refractivity contribution in [1.82, 2.24) is 0 Å². The number of unbranched alkanes of at least 4 members (excludes halogenated alkanes) is 18. The molecule has 0 aromatic rings. The second kappa shape index (κ2) is 64.4. The number of allylic oxidation sites excluding steroid dienone is 24. The molecule has 0 fully saturated rings. The van der Waals surface area contributed by atoms with Gasteiger partial charge in [0.15, 0.2) is 6.10 Å². The third kappa shape index (κ3) is 61.9. The Kier molecular flexibility index (Phi) is 60.8. The van der Waals surface area contributed by atoms with E-state index in [1.54, 1.807) is 0 Å². The van der Waals surface area contributed by atoms with E-state index >= 15 is 0 Å². The maximum absolute atomic E-state index is 13.0. The fourth-order valence-corrected chi connectivity index (χ4v) is 9.13. The highest BCUT2D eigenvalue weighted by molar-refractivity contribution is 7.47. The molecule has 12 heteroatoms. The van der Waals surface area contributed by atoms with Crippen LogP contribution in [0.15, 0.2) is 146 Å². The summed E-state index contributed by atoms with van der Waals surface area (Å²) >= 11 is 0. The molecule has 0 rings (SSSR count). The lowest BCUT2D eigenvalue weighted by Crippen LogP contribution is -2.30. The molecule has 0 saturated carbocycles. The number of carbonyl (C=O) groups excluding carboxylic acids is 3. The van der Waals surface area contributed by atoms with E-state index in [4.69, 9.17) is 23.3 Å². The van der Waals surface area contributed by atoms with E-state index in [0.717, 1.165) is 135 Å². The molecule has 0 amide bonds. The van der Waals surface area contributed by atoms with Crippen LogP contribution in [0.5, 0.6) is 0 Å². The van der Waals surface area contributed by atoms with Gasteiger partial charge in [-0.2, -0.15) is 0 Å². The van der Waals surface area contributed by atoms with Crippen molar-refractivity contribution in [2.45, 2.75) is 264 Å². The monoisotopic (exact) mass is 1190 g/mol. The van der Waals surface area contributed by atoms with Gasteiger partial charge in [-0.05, 0) is 128 Å². The van der Waals surface area contributed by atoms with E-state index in [0.29, 0.717) is 19.3 Å². The summed E-state index contributed by atoms with van der Waals surface area (Å²) < 4.78 is 39.6. The first-order valence-corrected chi connectivity index (χ1v) is 34.2. The number of aliphatic hydroxyl groups is 1. The Balaban J connectivity index is 4.83. The zero-order valence-corrected chi connectivity index (χ0v) is 53.7. The van der Waals surface area contributed by atoms with E-state index in [2.05, 4.69) is 154 Å². The SMILES string of the molecule is CC/C=C\C/C=C\C/C=C\C/C=C\C/C=C\C/C=C\CCC(=O)OCC(COP(=O)(O)OCC(CO)OC(=O)CCCCCCCCCCC/C=C\C/C=C\CCCCC)OC(=O)CCCCCCCC/C=C\C/C=C\C/C=C\C/C=C\CC. The van der Waals surface area contributed by atoms with Gasteiger partial charge in [-0.3, -0.25) is 23.4 Å². The molecule has 0 aliphatic heterocycles. The number of hydrogen-bond acceptors (Lipinski definition) is 10. The average Bonchev–Trinajstić information content (AvgIpc) is 3.55. The summed E-state index contributed by atoms with van der Waals surface area (Å²) in [6.45, 7) is 4.30. The number of aliphatic hydroxyl groups excluding tert-OH is 1. The molecule has 0 aliphatic rings. The fraction of sp³-hybridized carbons (Fsp3) is 0.625. The second-order valence-corrected chi connectivity index (χ2v) is 22.6. The minimum atomic E-state index is -4.79. The van der Waals surface area contributed by atoms with Crippen molar-refractivity contribution >= 4 is 25.7 Å². The van der Waals surface area contributed by atoms with E-state index in [-0.39, 0.29) is 25.9 Å². The van der Waals surface area contributed by atoms with Crippen LogP contribution in [0.2, 0.25) is 0 Å². The number of rotatable bonds is 59. The number of hydrogen-bond donors (Lipinski definition) is 2. The van der Waals surface area contributed by atoms with Gasteiger partial charge < -0.3 is 24.2 Å². The Labute approximate surface area is 512 Å². The third-order valence-electron chi connectivity index (χ3n) is 13.2. The summed E-state index contributed by atoms with van der Waals surface area (Å²) in [5.74, 6) is -1.60. The highest BCUT2D eigenvalue weighted by atomic mass is 31.2. The van der Waals surface area contributed by atoms with Crippen LogP contribution in [0, 0.1) is 0 Å². The molecule has 0 spiro atoms. The molecule has 0 radical (unpaired) electrons. The minimum absolute atomic E-state index is 0.0901. The smallest absolute Gasteiger partial charge is 0.462 e. The molecular formula is C72H117O11P. The number of esters is 3. The molecular weight excluding hydrogens is 1070 g/mol. The third-order valence-corrected chi connectivity index (χ3v) is 14.2. The molecule has 0 heterocycles. The minimum Gasteiger partial charge on any atom is -0.462 e. The number of ether oxygens (including phenoxy) is 3. The second-order valence-electron chi connectivity index (χ2n) is 21.2. The maximum atomic E-state index is 13.0. The van der Waals surface area contributed by atoms with Gasteiger partial charge in [0.1, 0.15) is 12.7 Å². The first kappa shape index (κ1) is 79.4. The van der Waals surface area contributed by atoms with Crippen molar-refractivity contribution in [3.63, 3.8) is 0 Å². The summed E-state index contributed by atoms with van der Waals surface area (Å²) in [7, 11) is -4.79. The van der Waals surface area contributed by atoms with Crippen molar-refractivity contribution in [3.05, 3.63) is 146 Å². The van der Waals surface area contributed by atoms with E-state index in [1.807, 2.05) is 12.2 Å². The zero-order chi connectivity index (χ0) is 61.2. The number of phosphoric acid groups is 1. The molecule has 0 aliphatic carbocycles. The molecule has 0 bridgehead atoms. The fourth-order valence-electron chi connectivity index (χ4n) is 8.34. The summed E-state index contributed by atoms with van der Waals surface area (Å²) in [5, 5.41) is 9.87. The predicted octanol–water partition coefficient (Wildman–Crippen LogP) is 20.3. The van der Waals surface area contributed by atoms with Gasteiger partial charge in [-0.25, -0.2) is 4.57 Å². The van der Waals surface area contributed by atoms with Gasteiger partial charge in [-0.15, -0.1) is 0 Å². The molecule has 3 unspecified atom stereocenters. The molecule has 0 saturated heterocycles. The lowest BCUT2D eigenvalue weighted by Gasteiger charge is -2.21. The Morgan fingerprint density at radius 3 is 1.00 bits per heavy atom. The van der Waals surface area contributed by atoms with Crippen LogP contribution in [0.4, 0.5) is 0 Å². The largest absolute Gasteiger partial charge is 0.472 e. The highest BCUT2D eigenvalue weighted by Gasteiger charge is 2.28. The summed E-state index contributed by atoms with van der Waals surface area (Å²) in [6, 6.07) is 0. The topological polar surface area (TPSA) is 155 Å². The average molecular weight is 1190 g/mol. The van der Waals surface area contributed by atoms with Crippen LogP contribution in [-0.4, -0.2) is 66.5 Å². The molecule has 84 heavy (non-hydrogen) atoms. The van der Waals surface area contributed by atoms with Gasteiger partial charge >= 0.3 is 25.7 Å². The van der Waals surface area contributed by atoms with Gasteiger partial charge in [0.2, 0.25) is 0 Å². The van der Waals surface area contributed by atoms with E-state index in [1.165, 1.54) is 57.8 Å². The van der Waals surface area contributed by atoms with Gasteiger partial charge in [-0.1, -0.05) is 250 Å². The van der Waals surface area contributed by atoms with Crippen LogP contribution in [0.25, 0.3) is 0 Å². The summed E-state index contributed by atoms with van der Waals surface area (Å²) in [4.78, 5) is 48.8.